The Labute approximate surface area is 113 Å². The van der Waals surface area contributed by atoms with E-state index in [-0.39, 0.29) is 24.1 Å². The molecule has 0 spiro atoms. The summed E-state index contributed by atoms with van der Waals surface area (Å²) in [4.78, 5) is 11.7. The molecule has 4 nitrogen and oxygen atoms in total. The topological polar surface area (TPSA) is 61.4 Å². The van der Waals surface area contributed by atoms with Gasteiger partial charge in [-0.05, 0) is 44.0 Å². The zero-order valence-corrected chi connectivity index (χ0v) is 11.0. The van der Waals surface area contributed by atoms with Crippen LogP contribution in [0.2, 0.25) is 0 Å². The van der Waals surface area contributed by atoms with Gasteiger partial charge in [0.05, 0.1) is 5.69 Å². The molecule has 1 aromatic rings. The van der Waals surface area contributed by atoms with Gasteiger partial charge in [-0.25, -0.2) is 0 Å². The number of amides is 1. The van der Waals surface area contributed by atoms with E-state index in [1.165, 1.54) is 0 Å². The molecule has 18 heavy (non-hydrogen) atoms. The number of hydrogen-bond acceptors (Lipinski definition) is 3. The predicted molar refractivity (Wildman–Crippen MR) is 74.2 cm³/mol. The van der Waals surface area contributed by atoms with Gasteiger partial charge in [-0.2, -0.15) is 0 Å². The van der Waals surface area contributed by atoms with Crippen LogP contribution in [0.25, 0.3) is 0 Å². The summed E-state index contributed by atoms with van der Waals surface area (Å²) in [6.07, 6.45) is 2.58. The van der Waals surface area contributed by atoms with Crippen molar-refractivity contribution in [2.75, 3.05) is 18.4 Å². The fourth-order valence-corrected chi connectivity index (χ4v) is 2.09. The van der Waals surface area contributed by atoms with Gasteiger partial charge in [0.1, 0.15) is 5.75 Å². The molecule has 0 bridgehead atoms. The maximum atomic E-state index is 11.7. The number of carbonyl (C=O) groups is 1. The molecule has 1 atom stereocenters. The smallest absolute Gasteiger partial charge is 0.224 e. The third-order valence-electron chi connectivity index (χ3n) is 3.12. The Balaban J connectivity index is 0.00000162. The van der Waals surface area contributed by atoms with Crippen LogP contribution in [-0.4, -0.2) is 24.1 Å². The number of anilines is 1. The van der Waals surface area contributed by atoms with E-state index in [0.717, 1.165) is 25.9 Å². The van der Waals surface area contributed by atoms with Crippen LogP contribution < -0.4 is 10.6 Å². The van der Waals surface area contributed by atoms with Gasteiger partial charge in [0, 0.05) is 6.42 Å². The molecule has 0 aromatic heterocycles. The van der Waals surface area contributed by atoms with E-state index in [2.05, 4.69) is 10.6 Å². The van der Waals surface area contributed by atoms with Crippen molar-refractivity contribution in [3.05, 3.63) is 24.3 Å². The molecular weight excluding hydrogens is 252 g/mol. The van der Waals surface area contributed by atoms with Gasteiger partial charge in [0.15, 0.2) is 0 Å². The number of aromatic hydroxyl groups is 1. The van der Waals surface area contributed by atoms with Crippen molar-refractivity contribution in [1.29, 1.82) is 0 Å². The van der Waals surface area contributed by atoms with Gasteiger partial charge in [-0.3, -0.25) is 4.79 Å². The Bertz CT molecular complexity index is 392. The van der Waals surface area contributed by atoms with Crippen molar-refractivity contribution >= 4 is 24.0 Å². The summed E-state index contributed by atoms with van der Waals surface area (Å²) < 4.78 is 0. The van der Waals surface area contributed by atoms with Crippen LogP contribution >= 0.6 is 12.4 Å². The van der Waals surface area contributed by atoms with Gasteiger partial charge in [0.25, 0.3) is 0 Å². The molecule has 1 aromatic carbocycles. The first-order valence-corrected chi connectivity index (χ1v) is 6.04. The molecule has 1 unspecified atom stereocenters. The highest BCUT2D eigenvalue weighted by atomic mass is 35.5. The molecule has 0 radical (unpaired) electrons. The number of hydrogen-bond donors (Lipinski definition) is 3. The molecule has 0 aliphatic carbocycles. The Kier molecular flexibility index (Phi) is 5.95. The van der Waals surface area contributed by atoms with Gasteiger partial charge >= 0.3 is 0 Å². The number of rotatable bonds is 4. The molecule has 100 valence electrons. The summed E-state index contributed by atoms with van der Waals surface area (Å²) in [5.41, 5.74) is 0.488. The standard InChI is InChI=1S/C13H18N2O2.ClH/c16-12-4-2-1-3-11(12)15-13(17)6-5-10-7-8-14-9-10;/h1-4,10,14,16H,5-9H2,(H,15,17);1H. The van der Waals surface area contributed by atoms with E-state index >= 15 is 0 Å². The van der Waals surface area contributed by atoms with Crippen molar-refractivity contribution in [1.82, 2.24) is 5.32 Å². The first-order chi connectivity index (χ1) is 8.25. The molecule has 2 rings (SSSR count). The highest BCUT2D eigenvalue weighted by molar-refractivity contribution is 5.92. The molecule has 0 saturated carbocycles. The quantitative estimate of drug-likeness (QED) is 0.735. The second-order valence-corrected chi connectivity index (χ2v) is 4.46. The number of benzene rings is 1. The average molecular weight is 271 g/mol. The summed E-state index contributed by atoms with van der Waals surface area (Å²) in [6, 6.07) is 6.78. The van der Waals surface area contributed by atoms with Crippen LogP contribution in [0.3, 0.4) is 0 Å². The van der Waals surface area contributed by atoms with Crippen LogP contribution in [0.4, 0.5) is 5.69 Å². The molecule has 3 N–H and O–H groups in total. The second-order valence-electron chi connectivity index (χ2n) is 4.46. The Morgan fingerprint density at radius 2 is 2.22 bits per heavy atom. The SMILES string of the molecule is Cl.O=C(CCC1CCNC1)Nc1ccccc1O. The summed E-state index contributed by atoms with van der Waals surface area (Å²) >= 11 is 0. The van der Waals surface area contributed by atoms with Crippen LogP contribution in [-0.2, 0) is 4.79 Å². The molecule has 1 fully saturated rings. The van der Waals surface area contributed by atoms with Gasteiger partial charge in [-0.15, -0.1) is 12.4 Å². The third-order valence-corrected chi connectivity index (χ3v) is 3.12. The van der Waals surface area contributed by atoms with E-state index in [1.807, 2.05) is 0 Å². The minimum absolute atomic E-state index is 0. The van der Waals surface area contributed by atoms with Crippen LogP contribution in [0, 0.1) is 5.92 Å². The fourth-order valence-electron chi connectivity index (χ4n) is 2.09. The summed E-state index contributed by atoms with van der Waals surface area (Å²) in [5.74, 6) is 0.701. The maximum Gasteiger partial charge on any atom is 0.224 e. The van der Waals surface area contributed by atoms with Crippen molar-refractivity contribution < 1.29 is 9.90 Å². The Hall–Kier alpha value is -1.26. The highest BCUT2D eigenvalue weighted by Gasteiger charge is 2.15. The van der Waals surface area contributed by atoms with E-state index in [0.29, 0.717) is 18.0 Å². The summed E-state index contributed by atoms with van der Waals surface area (Å²) in [7, 11) is 0. The number of phenolic OH excluding ortho intramolecular Hbond substituents is 1. The lowest BCUT2D eigenvalue weighted by Crippen LogP contribution is -2.15. The molecule has 1 saturated heterocycles. The number of carbonyl (C=O) groups excluding carboxylic acids is 1. The molecule has 1 aliphatic rings. The first-order valence-electron chi connectivity index (χ1n) is 6.04. The van der Waals surface area contributed by atoms with Gasteiger partial charge < -0.3 is 15.7 Å². The zero-order chi connectivity index (χ0) is 12.1. The van der Waals surface area contributed by atoms with Crippen molar-refractivity contribution in [3.63, 3.8) is 0 Å². The summed E-state index contributed by atoms with van der Waals surface area (Å²) in [6.45, 7) is 2.08. The number of phenols is 1. The molecule has 1 amide bonds. The minimum atomic E-state index is -0.0293. The van der Waals surface area contributed by atoms with Gasteiger partial charge in [-0.1, -0.05) is 12.1 Å². The molecule has 5 heteroatoms. The molecule has 1 heterocycles. The van der Waals surface area contributed by atoms with E-state index in [1.54, 1.807) is 24.3 Å². The van der Waals surface area contributed by atoms with E-state index < -0.39 is 0 Å². The number of para-hydroxylation sites is 2. The fraction of sp³-hybridized carbons (Fsp3) is 0.462. The van der Waals surface area contributed by atoms with E-state index in [4.69, 9.17) is 0 Å². The normalized spacial score (nSPS) is 18.1. The monoisotopic (exact) mass is 270 g/mol. The largest absolute Gasteiger partial charge is 0.506 e. The minimum Gasteiger partial charge on any atom is -0.506 e. The third kappa shape index (κ3) is 4.20. The second kappa shape index (κ2) is 7.24. The first kappa shape index (κ1) is 14.8. The van der Waals surface area contributed by atoms with Crippen LogP contribution in [0.1, 0.15) is 19.3 Å². The zero-order valence-electron chi connectivity index (χ0n) is 10.2. The highest BCUT2D eigenvalue weighted by Crippen LogP contribution is 2.22. The number of halogens is 1. The lowest BCUT2D eigenvalue weighted by Gasteiger charge is -2.09. The van der Waals surface area contributed by atoms with Crippen molar-refractivity contribution in [2.24, 2.45) is 5.92 Å². The van der Waals surface area contributed by atoms with Crippen LogP contribution in [0.5, 0.6) is 5.75 Å². The lowest BCUT2D eigenvalue weighted by atomic mass is 10.0. The number of nitrogens with one attached hydrogen (secondary N) is 2. The predicted octanol–water partition coefficient (Wildman–Crippen LogP) is 2.14. The molecule has 1 aliphatic heterocycles. The lowest BCUT2D eigenvalue weighted by molar-refractivity contribution is -0.116. The van der Waals surface area contributed by atoms with E-state index in [9.17, 15) is 9.90 Å². The van der Waals surface area contributed by atoms with Crippen molar-refractivity contribution in [2.45, 2.75) is 19.3 Å². The van der Waals surface area contributed by atoms with Crippen LogP contribution in [0.15, 0.2) is 24.3 Å². The van der Waals surface area contributed by atoms with Gasteiger partial charge in [0.2, 0.25) is 5.91 Å². The maximum absolute atomic E-state index is 11.7. The molecular formula is C13H19ClN2O2. The van der Waals surface area contributed by atoms with Crippen molar-refractivity contribution in [3.8, 4) is 5.75 Å². The average Bonchev–Trinajstić information content (AvgIpc) is 2.82. The summed E-state index contributed by atoms with van der Waals surface area (Å²) in [5, 5.41) is 15.5. The Morgan fingerprint density at radius 1 is 1.44 bits per heavy atom. The Morgan fingerprint density at radius 3 is 2.89 bits per heavy atom.